The van der Waals surface area contributed by atoms with E-state index < -0.39 is 60.4 Å². The van der Waals surface area contributed by atoms with Crippen molar-refractivity contribution in [2.24, 2.45) is 11.5 Å². The summed E-state index contributed by atoms with van der Waals surface area (Å²) in [5.41, 5.74) is 11.3. The fraction of sp³-hybridized carbons (Fsp3) is 0.450. The van der Waals surface area contributed by atoms with Crippen LogP contribution in [0.3, 0.4) is 0 Å². The van der Waals surface area contributed by atoms with Crippen molar-refractivity contribution in [2.75, 3.05) is 12.4 Å². The van der Waals surface area contributed by atoms with E-state index in [4.69, 9.17) is 11.5 Å². The Labute approximate surface area is 195 Å². The van der Waals surface area contributed by atoms with Crippen LogP contribution in [0.5, 0.6) is 0 Å². The average molecular weight is 484 g/mol. The van der Waals surface area contributed by atoms with Crippen LogP contribution in [0, 0.1) is 0 Å². The Kier molecular flexibility index (Phi) is 11.9. The van der Waals surface area contributed by atoms with Gasteiger partial charge in [0.05, 0.1) is 12.6 Å². The smallest absolute Gasteiger partial charge is 0.326 e. The Morgan fingerprint density at radius 3 is 1.97 bits per heavy atom. The molecule has 0 heterocycles. The number of carboxylic acids is 1. The van der Waals surface area contributed by atoms with E-state index in [1.807, 2.05) is 0 Å². The highest BCUT2D eigenvalue weighted by atomic mass is 32.1. The van der Waals surface area contributed by atoms with Gasteiger partial charge in [0.25, 0.3) is 0 Å². The molecule has 0 saturated carbocycles. The van der Waals surface area contributed by atoms with E-state index in [0.29, 0.717) is 5.56 Å². The SMILES string of the molecule is NC(=O)CCC(N)C(=O)NC(CO)C(=O)NC(CS)C(=O)NC(Cc1ccccc1)C(=O)O. The third kappa shape index (κ3) is 9.89. The predicted molar refractivity (Wildman–Crippen MR) is 121 cm³/mol. The van der Waals surface area contributed by atoms with Gasteiger partial charge in [0.2, 0.25) is 23.6 Å². The Hall–Kier alpha value is -3.16. The Bertz CT molecular complexity index is 839. The Morgan fingerprint density at radius 1 is 0.909 bits per heavy atom. The number of carboxylic acid groups (broad SMARTS) is 1. The minimum Gasteiger partial charge on any atom is -0.480 e. The molecule has 0 fully saturated rings. The number of hydrogen-bond donors (Lipinski definition) is 8. The quantitative estimate of drug-likeness (QED) is 0.130. The molecular formula is C20H29N5O7S. The molecule has 0 spiro atoms. The van der Waals surface area contributed by atoms with Crippen LogP contribution in [0.25, 0.3) is 0 Å². The fourth-order valence-electron chi connectivity index (χ4n) is 2.69. The predicted octanol–water partition coefficient (Wildman–Crippen LogP) is -2.72. The maximum Gasteiger partial charge on any atom is 0.326 e. The van der Waals surface area contributed by atoms with Crippen molar-refractivity contribution >= 4 is 42.2 Å². The first-order valence-corrected chi connectivity index (χ1v) is 10.7. The molecule has 0 bridgehead atoms. The first-order valence-electron chi connectivity index (χ1n) is 10.0. The molecule has 1 aromatic rings. The van der Waals surface area contributed by atoms with Crippen molar-refractivity contribution in [3.63, 3.8) is 0 Å². The van der Waals surface area contributed by atoms with Gasteiger partial charge in [-0.25, -0.2) is 4.79 Å². The minimum absolute atomic E-state index is 0.0215. The Morgan fingerprint density at radius 2 is 1.45 bits per heavy atom. The molecule has 0 aliphatic heterocycles. The van der Waals surface area contributed by atoms with Crippen LogP contribution in [-0.2, 0) is 30.4 Å². The van der Waals surface area contributed by atoms with Crippen molar-refractivity contribution < 1.29 is 34.2 Å². The lowest BCUT2D eigenvalue weighted by Crippen LogP contribution is -2.58. The fourth-order valence-corrected chi connectivity index (χ4v) is 2.95. The molecule has 0 aliphatic rings. The summed E-state index contributed by atoms with van der Waals surface area (Å²) < 4.78 is 0. The molecule has 0 saturated heterocycles. The van der Waals surface area contributed by atoms with Gasteiger partial charge in [0, 0.05) is 18.6 Å². The van der Waals surface area contributed by atoms with Crippen LogP contribution in [0.2, 0.25) is 0 Å². The van der Waals surface area contributed by atoms with E-state index >= 15 is 0 Å². The number of aliphatic carboxylic acids is 1. The van der Waals surface area contributed by atoms with E-state index in [1.165, 1.54) is 0 Å². The molecule has 13 heteroatoms. The monoisotopic (exact) mass is 483 g/mol. The van der Waals surface area contributed by atoms with Crippen LogP contribution in [0.15, 0.2) is 30.3 Å². The number of benzene rings is 1. The largest absolute Gasteiger partial charge is 0.480 e. The lowest BCUT2D eigenvalue weighted by molar-refractivity contribution is -0.142. The number of aliphatic hydroxyl groups is 1. The van der Waals surface area contributed by atoms with Crippen molar-refractivity contribution in [3.05, 3.63) is 35.9 Å². The zero-order valence-electron chi connectivity index (χ0n) is 17.8. The highest BCUT2D eigenvalue weighted by molar-refractivity contribution is 7.80. The molecule has 182 valence electrons. The minimum atomic E-state index is -1.44. The number of rotatable bonds is 14. The zero-order valence-corrected chi connectivity index (χ0v) is 18.7. The van der Waals surface area contributed by atoms with Gasteiger partial charge in [-0.15, -0.1) is 0 Å². The van der Waals surface area contributed by atoms with E-state index in [0.717, 1.165) is 0 Å². The van der Waals surface area contributed by atoms with Crippen LogP contribution >= 0.6 is 12.6 Å². The van der Waals surface area contributed by atoms with Gasteiger partial charge in [-0.1, -0.05) is 30.3 Å². The first kappa shape index (κ1) is 27.9. The van der Waals surface area contributed by atoms with Crippen molar-refractivity contribution in [1.29, 1.82) is 0 Å². The zero-order chi connectivity index (χ0) is 25.0. The first-order chi connectivity index (χ1) is 15.6. The number of primary amides is 1. The number of nitrogens with two attached hydrogens (primary N) is 2. The topological polar surface area (TPSA) is 214 Å². The van der Waals surface area contributed by atoms with Gasteiger partial charge in [-0.2, -0.15) is 12.6 Å². The molecule has 12 nitrogen and oxygen atoms in total. The summed E-state index contributed by atoms with van der Waals surface area (Å²) >= 11 is 4.01. The third-order valence-corrected chi connectivity index (χ3v) is 4.93. The van der Waals surface area contributed by atoms with E-state index in [1.54, 1.807) is 30.3 Å². The van der Waals surface area contributed by atoms with Crippen molar-refractivity contribution in [3.8, 4) is 0 Å². The second kappa shape index (κ2) is 14.1. The van der Waals surface area contributed by atoms with Crippen molar-refractivity contribution in [2.45, 2.75) is 43.4 Å². The summed E-state index contributed by atoms with van der Waals surface area (Å²) in [4.78, 5) is 59.4. The number of aliphatic hydroxyl groups excluding tert-OH is 1. The molecule has 0 aliphatic carbocycles. The molecule has 4 atom stereocenters. The lowest BCUT2D eigenvalue weighted by Gasteiger charge is -2.23. The third-order valence-electron chi connectivity index (χ3n) is 4.57. The van der Waals surface area contributed by atoms with Gasteiger partial charge in [0.1, 0.15) is 18.1 Å². The lowest BCUT2D eigenvalue weighted by atomic mass is 10.1. The standard InChI is InChI=1S/C20H29N5O7S/c21-12(6-7-16(22)27)17(28)24-14(9-26)18(29)25-15(10-33)19(30)23-13(20(31)32)8-11-4-2-1-3-5-11/h1-5,12-15,26,33H,6-10,21H2,(H2,22,27)(H,23,30)(H,24,28)(H,25,29)(H,31,32). The van der Waals surface area contributed by atoms with E-state index in [9.17, 15) is 34.2 Å². The molecule has 9 N–H and O–H groups in total. The van der Waals surface area contributed by atoms with Gasteiger partial charge in [0.15, 0.2) is 0 Å². The number of hydrogen-bond acceptors (Lipinski definition) is 8. The number of nitrogens with one attached hydrogen (secondary N) is 3. The Balaban J connectivity index is 2.73. The summed E-state index contributed by atoms with van der Waals surface area (Å²) in [5, 5.41) is 25.8. The van der Waals surface area contributed by atoms with Gasteiger partial charge in [-0.05, 0) is 12.0 Å². The maximum atomic E-state index is 12.6. The summed E-state index contributed by atoms with van der Waals surface area (Å²) in [5.74, 6) is -4.60. The molecule has 0 aromatic heterocycles. The number of thiol groups is 1. The van der Waals surface area contributed by atoms with Crippen LogP contribution < -0.4 is 27.4 Å². The van der Waals surface area contributed by atoms with Crippen LogP contribution in [0.4, 0.5) is 0 Å². The van der Waals surface area contributed by atoms with Crippen LogP contribution in [0.1, 0.15) is 18.4 Å². The second-order valence-corrected chi connectivity index (χ2v) is 7.55. The van der Waals surface area contributed by atoms with Gasteiger partial charge >= 0.3 is 5.97 Å². The molecule has 4 amide bonds. The summed E-state index contributed by atoms with van der Waals surface area (Å²) in [6, 6.07) is 3.58. The van der Waals surface area contributed by atoms with Gasteiger partial charge in [-0.3, -0.25) is 19.2 Å². The summed E-state index contributed by atoms with van der Waals surface area (Å²) in [6.07, 6.45) is -0.172. The highest BCUT2D eigenvalue weighted by Crippen LogP contribution is 2.04. The highest BCUT2D eigenvalue weighted by Gasteiger charge is 2.29. The van der Waals surface area contributed by atoms with Gasteiger partial charge < -0.3 is 37.6 Å². The molecular weight excluding hydrogens is 454 g/mol. The molecule has 0 radical (unpaired) electrons. The number of carbonyl (C=O) groups excluding carboxylic acids is 4. The summed E-state index contributed by atoms with van der Waals surface area (Å²) in [7, 11) is 0. The van der Waals surface area contributed by atoms with E-state index in [2.05, 4.69) is 28.6 Å². The molecule has 4 unspecified atom stereocenters. The number of amides is 4. The normalized spacial score (nSPS) is 14.3. The summed E-state index contributed by atoms with van der Waals surface area (Å²) in [6.45, 7) is -0.799. The van der Waals surface area contributed by atoms with E-state index in [-0.39, 0.29) is 25.0 Å². The maximum absolute atomic E-state index is 12.6. The van der Waals surface area contributed by atoms with Crippen molar-refractivity contribution in [1.82, 2.24) is 16.0 Å². The molecule has 1 rings (SSSR count). The number of carbonyl (C=O) groups is 5. The second-order valence-electron chi connectivity index (χ2n) is 7.19. The van der Waals surface area contributed by atoms with Crippen LogP contribution in [-0.4, -0.2) is 76.3 Å². The average Bonchev–Trinajstić information content (AvgIpc) is 2.78. The molecule has 1 aromatic carbocycles. The molecule has 33 heavy (non-hydrogen) atoms.